The maximum atomic E-state index is 12.3. The number of fused-ring (bicyclic) bond motifs is 5. The molecule has 7 nitrogen and oxygen atoms in total. The number of carbonyl (C=O) groups is 3. The zero-order chi connectivity index (χ0) is 24.8. The van der Waals surface area contributed by atoms with E-state index in [0.717, 1.165) is 32.1 Å². The van der Waals surface area contributed by atoms with Crippen molar-refractivity contribution < 1.29 is 29.3 Å². The van der Waals surface area contributed by atoms with E-state index in [9.17, 15) is 19.5 Å². The molecule has 0 aromatic rings. The van der Waals surface area contributed by atoms with E-state index in [1.165, 1.54) is 25.7 Å². The van der Waals surface area contributed by atoms with Crippen LogP contribution in [0.25, 0.3) is 0 Å². The van der Waals surface area contributed by atoms with E-state index < -0.39 is 30.4 Å². The Bertz CT molecular complexity index is 815. The molecular weight excluding hydrogens is 434 g/mol. The van der Waals surface area contributed by atoms with Crippen molar-refractivity contribution in [2.24, 2.45) is 52.1 Å². The highest BCUT2D eigenvalue weighted by Gasteiger charge is 2.60. The first-order chi connectivity index (χ1) is 16.0. The van der Waals surface area contributed by atoms with Crippen LogP contribution in [0.1, 0.15) is 91.4 Å². The largest absolute Gasteiger partial charge is 0.481 e. The molecule has 0 spiro atoms. The van der Waals surface area contributed by atoms with Crippen LogP contribution in [0, 0.1) is 46.3 Å². The first-order valence-corrected chi connectivity index (χ1v) is 13.4. The summed E-state index contributed by atoms with van der Waals surface area (Å²) in [7, 11) is 0. The van der Waals surface area contributed by atoms with Crippen molar-refractivity contribution in [3.63, 3.8) is 0 Å². The molecule has 0 radical (unpaired) electrons. The third-order valence-corrected chi connectivity index (χ3v) is 10.9. The summed E-state index contributed by atoms with van der Waals surface area (Å²) in [6, 6.07) is -1.10. The van der Waals surface area contributed by atoms with Gasteiger partial charge in [-0.25, -0.2) is 0 Å². The standard InChI is InChI=1S/C27H43NO6/c1-15(12-23(29)30)19-6-7-20-18-5-4-16-13-17(34-25(33)22(28)14-24(31)32)8-10-26(16,2)21(18)9-11-27(19,20)3/h15-22H,4-14,28H2,1-3H3,(H,29,30)(H,31,32)/t15-,16-,17-,18+,19?,20+,21+,22+,26+,27-/m1/s1. The van der Waals surface area contributed by atoms with Crippen molar-refractivity contribution in [3.05, 3.63) is 0 Å². The maximum Gasteiger partial charge on any atom is 0.323 e. The molecular formula is C27H43NO6. The molecule has 7 heteroatoms. The second-order valence-electron chi connectivity index (χ2n) is 12.5. The zero-order valence-electron chi connectivity index (χ0n) is 21.0. The lowest BCUT2D eigenvalue weighted by molar-refractivity contribution is -0.165. The van der Waals surface area contributed by atoms with Crippen LogP contribution in [0.15, 0.2) is 0 Å². The minimum Gasteiger partial charge on any atom is -0.481 e. The summed E-state index contributed by atoms with van der Waals surface area (Å²) in [6.07, 6.45) is 9.58. The van der Waals surface area contributed by atoms with Gasteiger partial charge in [-0.05, 0) is 104 Å². The molecule has 4 fully saturated rings. The lowest BCUT2D eigenvalue weighted by Gasteiger charge is -2.61. The molecule has 0 saturated heterocycles. The van der Waals surface area contributed by atoms with Crippen molar-refractivity contribution in [2.45, 2.75) is 104 Å². The summed E-state index contributed by atoms with van der Waals surface area (Å²) in [6.45, 7) is 7.06. The number of aliphatic carboxylic acids is 2. The van der Waals surface area contributed by atoms with Gasteiger partial charge in [0.1, 0.15) is 12.1 Å². The van der Waals surface area contributed by atoms with Gasteiger partial charge >= 0.3 is 17.9 Å². The van der Waals surface area contributed by atoms with Crippen molar-refractivity contribution in [3.8, 4) is 0 Å². The van der Waals surface area contributed by atoms with Crippen LogP contribution in [0.3, 0.4) is 0 Å². The van der Waals surface area contributed by atoms with Crippen LogP contribution in [0.2, 0.25) is 0 Å². The first-order valence-electron chi connectivity index (χ1n) is 13.4. The van der Waals surface area contributed by atoms with Gasteiger partial charge in [0.2, 0.25) is 0 Å². The van der Waals surface area contributed by atoms with Crippen molar-refractivity contribution in [1.82, 2.24) is 0 Å². The van der Waals surface area contributed by atoms with E-state index in [0.29, 0.717) is 29.6 Å². The highest BCUT2D eigenvalue weighted by atomic mass is 16.5. The number of ether oxygens (including phenoxy) is 1. The Labute approximate surface area is 203 Å². The molecule has 0 aliphatic heterocycles. The van der Waals surface area contributed by atoms with E-state index in [2.05, 4.69) is 20.8 Å². The van der Waals surface area contributed by atoms with Crippen LogP contribution in [0.5, 0.6) is 0 Å². The number of carboxylic acid groups (broad SMARTS) is 2. The molecule has 4 aliphatic carbocycles. The van der Waals surface area contributed by atoms with Gasteiger partial charge in [-0.3, -0.25) is 14.4 Å². The highest BCUT2D eigenvalue weighted by Crippen LogP contribution is 2.68. The van der Waals surface area contributed by atoms with E-state index >= 15 is 0 Å². The van der Waals surface area contributed by atoms with Gasteiger partial charge in [0.15, 0.2) is 0 Å². The summed E-state index contributed by atoms with van der Waals surface area (Å²) in [5.41, 5.74) is 6.22. The fourth-order valence-corrected chi connectivity index (χ4v) is 9.24. The fourth-order valence-electron chi connectivity index (χ4n) is 9.24. The molecule has 34 heavy (non-hydrogen) atoms. The van der Waals surface area contributed by atoms with E-state index in [-0.39, 0.29) is 29.3 Å². The topological polar surface area (TPSA) is 127 Å². The summed E-state index contributed by atoms with van der Waals surface area (Å²) in [4.78, 5) is 34.5. The number of hydrogen-bond acceptors (Lipinski definition) is 5. The van der Waals surface area contributed by atoms with E-state index in [1.54, 1.807) is 0 Å². The first kappa shape index (κ1) is 25.5. The Balaban J connectivity index is 1.41. The monoisotopic (exact) mass is 477 g/mol. The van der Waals surface area contributed by atoms with Gasteiger partial charge in [0, 0.05) is 6.42 Å². The van der Waals surface area contributed by atoms with Crippen LogP contribution in [-0.2, 0) is 19.1 Å². The quantitative estimate of drug-likeness (QED) is 0.462. The van der Waals surface area contributed by atoms with Gasteiger partial charge in [-0.1, -0.05) is 20.8 Å². The molecule has 4 aliphatic rings. The lowest BCUT2D eigenvalue weighted by atomic mass is 9.44. The number of carboxylic acids is 2. The smallest absolute Gasteiger partial charge is 0.323 e. The van der Waals surface area contributed by atoms with Gasteiger partial charge in [0.05, 0.1) is 6.42 Å². The van der Waals surface area contributed by atoms with Crippen molar-refractivity contribution in [2.75, 3.05) is 0 Å². The number of carbonyl (C=O) groups excluding carboxylic acids is 1. The Kier molecular flexibility index (Phi) is 7.07. The number of rotatable bonds is 7. The summed E-state index contributed by atoms with van der Waals surface area (Å²) in [5.74, 6) is 0.981. The van der Waals surface area contributed by atoms with Gasteiger partial charge in [-0.2, -0.15) is 0 Å². The van der Waals surface area contributed by atoms with Gasteiger partial charge in [-0.15, -0.1) is 0 Å². The Hall–Kier alpha value is -1.63. The van der Waals surface area contributed by atoms with Crippen LogP contribution < -0.4 is 5.73 Å². The molecule has 0 amide bonds. The lowest BCUT2D eigenvalue weighted by Crippen LogP contribution is -2.54. The minimum absolute atomic E-state index is 0.163. The molecule has 10 atom stereocenters. The minimum atomic E-state index is -1.10. The third-order valence-electron chi connectivity index (χ3n) is 10.9. The molecule has 0 bridgehead atoms. The summed E-state index contributed by atoms with van der Waals surface area (Å²) < 4.78 is 5.67. The number of nitrogens with two attached hydrogens (primary N) is 1. The third kappa shape index (κ3) is 4.49. The molecule has 4 saturated carbocycles. The van der Waals surface area contributed by atoms with Crippen LogP contribution in [0.4, 0.5) is 0 Å². The molecule has 0 aromatic carbocycles. The number of hydrogen-bond donors (Lipinski definition) is 3. The van der Waals surface area contributed by atoms with E-state index in [1.807, 2.05) is 0 Å². The predicted molar refractivity (Wildman–Crippen MR) is 127 cm³/mol. The van der Waals surface area contributed by atoms with Crippen molar-refractivity contribution in [1.29, 1.82) is 0 Å². The molecule has 0 aromatic heterocycles. The molecule has 1 unspecified atom stereocenters. The predicted octanol–water partition coefficient (Wildman–Crippen LogP) is 4.47. The molecule has 192 valence electrons. The Morgan fingerprint density at radius 3 is 2.24 bits per heavy atom. The second kappa shape index (κ2) is 9.44. The highest BCUT2D eigenvalue weighted by molar-refractivity contribution is 5.81. The summed E-state index contributed by atoms with van der Waals surface area (Å²) >= 11 is 0. The number of esters is 1. The van der Waals surface area contributed by atoms with Crippen LogP contribution >= 0.6 is 0 Å². The molecule has 0 heterocycles. The average Bonchev–Trinajstić information content (AvgIpc) is 3.10. The van der Waals surface area contributed by atoms with E-state index in [4.69, 9.17) is 15.6 Å². The summed E-state index contributed by atoms with van der Waals surface area (Å²) in [5, 5.41) is 18.2. The SMILES string of the molecule is C[C@H](CC(=O)O)C1CC[C@H]2[C@@H]3CC[C@@H]4C[C@H](OC(=O)[C@@H](N)CC(=O)O)CC[C@]4(C)[C@H]3CC[C@]12C. The maximum absolute atomic E-state index is 12.3. The van der Waals surface area contributed by atoms with Crippen molar-refractivity contribution >= 4 is 17.9 Å². The second-order valence-corrected chi connectivity index (χ2v) is 12.5. The average molecular weight is 478 g/mol. The van der Waals surface area contributed by atoms with Gasteiger partial charge in [0.25, 0.3) is 0 Å². The zero-order valence-corrected chi connectivity index (χ0v) is 21.0. The normalized spacial score (nSPS) is 43.1. The van der Waals surface area contributed by atoms with Gasteiger partial charge < -0.3 is 20.7 Å². The van der Waals surface area contributed by atoms with Crippen LogP contribution in [-0.4, -0.2) is 40.3 Å². The fraction of sp³-hybridized carbons (Fsp3) is 0.889. The Morgan fingerprint density at radius 2 is 1.56 bits per heavy atom. The molecule has 4 rings (SSSR count). The molecule has 4 N–H and O–H groups in total. The Morgan fingerprint density at radius 1 is 0.912 bits per heavy atom.